The van der Waals surface area contributed by atoms with Crippen LogP contribution in [0.4, 0.5) is 4.79 Å². The van der Waals surface area contributed by atoms with Crippen molar-refractivity contribution in [2.24, 2.45) is 0 Å². The Morgan fingerprint density at radius 2 is 1.68 bits per heavy atom. The molecule has 0 saturated heterocycles. The van der Waals surface area contributed by atoms with Gasteiger partial charge in [0.05, 0.1) is 13.2 Å². The zero-order valence-corrected chi connectivity index (χ0v) is 16.1. The molecule has 1 aliphatic carbocycles. The van der Waals surface area contributed by atoms with Gasteiger partial charge in [0.2, 0.25) is 0 Å². The van der Waals surface area contributed by atoms with E-state index >= 15 is 0 Å². The molecule has 7 nitrogen and oxygen atoms in total. The molecular weight excluding hydrogens is 382 g/mol. The Balaban J connectivity index is 2.07. The van der Waals surface area contributed by atoms with Crippen LogP contribution in [-0.4, -0.2) is 49.7 Å². The molecule has 0 bridgehead atoms. The monoisotopic (exact) mass is 402 g/mol. The molecule has 0 fully saturated rings. The third kappa shape index (κ3) is 3.79. The van der Waals surface area contributed by atoms with Crippen molar-refractivity contribution in [3.8, 4) is 11.1 Å². The van der Waals surface area contributed by atoms with E-state index < -0.39 is 35.2 Å². The molecule has 0 aliphatic heterocycles. The van der Waals surface area contributed by atoms with E-state index in [9.17, 15) is 23.5 Å². The minimum Gasteiger partial charge on any atom is -0.772 e. The predicted octanol–water partition coefficient (Wildman–Crippen LogP) is 2.94. The van der Waals surface area contributed by atoms with Crippen molar-refractivity contribution in [3.05, 3.63) is 59.7 Å². The molecule has 0 radical (unpaired) electrons. The highest BCUT2D eigenvalue weighted by molar-refractivity contribution is 7.79. The smallest absolute Gasteiger partial charge is 0.411 e. The maximum atomic E-state index is 12.7. The van der Waals surface area contributed by atoms with Gasteiger partial charge in [-0.25, -0.2) is 9.59 Å². The normalized spacial score (nSPS) is 14.6. The SMILES string of the molecule is COC(=O)N(C1c2ccccc2-c2ccccc21)[C@@H](CCCS(=O)[O-])C(=O)O. The molecule has 8 heteroatoms. The van der Waals surface area contributed by atoms with E-state index in [0.717, 1.165) is 22.3 Å². The van der Waals surface area contributed by atoms with Gasteiger partial charge in [0.25, 0.3) is 0 Å². The second-order valence-corrected chi connectivity index (χ2v) is 7.47. The van der Waals surface area contributed by atoms with Crippen molar-refractivity contribution in [2.45, 2.75) is 24.9 Å². The lowest BCUT2D eigenvalue weighted by Crippen LogP contribution is -2.47. The number of rotatable bonds is 7. The minimum atomic E-state index is -2.27. The number of carbonyl (C=O) groups is 2. The van der Waals surface area contributed by atoms with Gasteiger partial charge < -0.3 is 14.4 Å². The quantitative estimate of drug-likeness (QED) is 0.714. The molecule has 0 spiro atoms. The summed E-state index contributed by atoms with van der Waals surface area (Å²) >= 11 is -2.27. The summed E-state index contributed by atoms with van der Waals surface area (Å²) < 4.78 is 26.6. The van der Waals surface area contributed by atoms with E-state index in [0.29, 0.717) is 0 Å². The van der Waals surface area contributed by atoms with Crippen molar-refractivity contribution >= 4 is 23.1 Å². The molecule has 1 amide bonds. The lowest BCUT2D eigenvalue weighted by Gasteiger charge is -2.34. The van der Waals surface area contributed by atoms with Crippen LogP contribution in [0.2, 0.25) is 0 Å². The van der Waals surface area contributed by atoms with Crippen molar-refractivity contribution < 1.29 is 28.2 Å². The molecule has 2 aromatic rings. The fourth-order valence-electron chi connectivity index (χ4n) is 3.72. The Labute approximate surface area is 165 Å². The minimum absolute atomic E-state index is 0.000747. The lowest BCUT2D eigenvalue weighted by molar-refractivity contribution is -0.143. The van der Waals surface area contributed by atoms with Crippen LogP contribution in [0.1, 0.15) is 30.0 Å². The Morgan fingerprint density at radius 3 is 2.14 bits per heavy atom. The predicted molar refractivity (Wildman–Crippen MR) is 102 cm³/mol. The van der Waals surface area contributed by atoms with Crippen LogP contribution < -0.4 is 0 Å². The summed E-state index contributed by atoms with van der Waals surface area (Å²) in [5.74, 6) is -1.37. The third-order valence-corrected chi connectivity index (χ3v) is 5.50. The summed E-state index contributed by atoms with van der Waals surface area (Å²) in [5, 5.41) is 9.81. The van der Waals surface area contributed by atoms with Gasteiger partial charge in [-0.05, 0) is 35.1 Å². The highest BCUT2D eigenvalue weighted by Gasteiger charge is 2.41. The summed E-state index contributed by atoms with van der Waals surface area (Å²) in [6.07, 6.45) is -0.650. The van der Waals surface area contributed by atoms with E-state index in [-0.39, 0.29) is 18.6 Å². The molecule has 28 heavy (non-hydrogen) atoms. The number of carbonyl (C=O) groups excluding carboxylic acids is 1. The number of hydrogen-bond donors (Lipinski definition) is 1. The van der Waals surface area contributed by atoms with Crippen LogP contribution in [-0.2, 0) is 20.6 Å². The van der Waals surface area contributed by atoms with Gasteiger partial charge in [-0.3, -0.25) is 9.11 Å². The first-order chi connectivity index (χ1) is 13.5. The first kappa shape index (κ1) is 20.0. The molecule has 0 saturated carbocycles. The summed E-state index contributed by atoms with van der Waals surface area (Å²) in [5.41, 5.74) is 3.49. The van der Waals surface area contributed by atoms with Crippen molar-refractivity contribution in [1.29, 1.82) is 0 Å². The molecule has 1 aliphatic rings. The number of benzene rings is 2. The maximum Gasteiger partial charge on any atom is 0.411 e. The standard InChI is InChI=1S/C20H21NO6S/c1-27-20(24)21(17(19(22)23)11-6-12-28(25)26)18-15-9-4-2-7-13(15)14-8-3-5-10-16(14)18/h2-5,7-10,17-18H,6,11-12H2,1H3,(H,22,23)(H,25,26)/p-1/t17-/m0/s1. The topological polar surface area (TPSA) is 107 Å². The molecule has 3 rings (SSSR count). The Kier molecular flexibility index (Phi) is 6.11. The Morgan fingerprint density at radius 1 is 1.14 bits per heavy atom. The first-order valence-electron chi connectivity index (χ1n) is 8.79. The van der Waals surface area contributed by atoms with Crippen LogP contribution >= 0.6 is 0 Å². The van der Waals surface area contributed by atoms with E-state index in [2.05, 4.69) is 0 Å². The van der Waals surface area contributed by atoms with Gasteiger partial charge in [0.1, 0.15) is 6.04 Å². The van der Waals surface area contributed by atoms with Crippen LogP contribution in [0.5, 0.6) is 0 Å². The Bertz CT molecular complexity index is 870. The van der Waals surface area contributed by atoms with Gasteiger partial charge in [0, 0.05) is 5.75 Å². The fraction of sp³-hybridized carbons (Fsp3) is 0.300. The van der Waals surface area contributed by atoms with Gasteiger partial charge >= 0.3 is 12.1 Å². The average Bonchev–Trinajstić information content (AvgIpc) is 3.01. The second kappa shape index (κ2) is 8.53. The molecule has 2 atom stereocenters. The van der Waals surface area contributed by atoms with Gasteiger partial charge in [-0.2, -0.15) is 0 Å². The van der Waals surface area contributed by atoms with Gasteiger partial charge in [0.15, 0.2) is 0 Å². The van der Waals surface area contributed by atoms with Crippen LogP contribution in [0.25, 0.3) is 11.1 Å². The third-order valence-electron chi connectivity index (χ3n) is 4.87. The lowest BCUT2D eigenvalue weighted by atomic mass is 10.00. The first-order valence-corrected chi connectivity index (χ1v) is 10.0. The van der Waals surface area contributed by atoms with Gasteiger partial charge in [-0.15, -0.1) is 0 Å². The number of methoxy groups -OCH3 is 1. The number of fused-ring (bicyclic) bond motifs is 3. The number of amides is 1. The molecule has 148 valence electrons. The summed E-state index contributed by atoms with van der Waals surface area (Å²) in [6.45, 7) is 0. The number of nitrogens with zero attached hydrogens (tertiary/aromatic N) is 1. The van der Waals surface area contributed by atoms with Crippen molar-refractivity contribution in [1.82, 2.24) is 4.90 Å². The van der Waals surface area contributed by atoms with E-state index in [1.165, 1.54) is 12.0 Å². The largest absolute Gasteiger partial charge is 0.772 e. The number of aliphatic carboxylic acids is 1. The molecular formula is C20H20NO6S-. The molecule has 1 N–H and O–H groups in total. The summed E-state index contributed by atoms with van der Waals surface area (Å²) in [6, 6.07) is 13.2. The average molecular weight is 402 g/mol. The molecule has 0 aromatic heterocycles. The zero-order chi connectivity index (χ0) is 20.3. The van der Waals surface area contributed by atoms with Gasteiger partial charge in [-0.1, -0.05) is 59.6 Å². The van der Waals surface area contributed by atoms with Crippen LogP contribution in [0.15, 0.2) is 48.5 Å². The van der Waals surface area contributed by atoms with Crippen molar-refractivity contribution in [3.63, 3.8) is 0 Å². The highest BCUT2D eigenvalue weighted by Crippen LogP contribution is 2.47. The summed E-state index contributed by atoms with van der Waals surface area (Å²) in [7, 11) is 1.20. The number of carboxylic acid groups (broad SMARTS) is 1. The van der Waals surface area contributed by atoms with E-state index in [1.54, 1.807) is 0 Å². The highest BCUT2D eigenvalue weighted by atomic mass is 32.2. The molecule has 0 heterocycles. The van der Waals surface area contributed by atoms with E-state index in [1.807, 2.05) is 48.5 Å². The zero-order valence-electron chi connectivity index (χ0n) is 15.2. The molecule has 1 unspecified atom stereocenters. The maximum absolute atomic E-state index is 12.7. The summed E-state index contributed by atoms with van der Waals surface area (Å²) in [4.78, 5) is 25.9. The Hall–Kier alpha value is -2.71. The van der Waals surface area contributed by atoms with E-state index in [4.69, 9.17) is 4.74 Å². The second-order valence-electron chi connectivity index (χ2n) is 6.46. The number of carboxylic acids is 1. The molecule has 2 aromatic carbocycles. The van der Waals surface area contributed by atoms with Crippen LogP contribution in [0, 0.1) is 0 Å². The number of ether oxygens (including phenoxy) is 1. The van der Waals surface area contributed by atoms with Crippen molar-refractivity contribution in [2.75, 3.05) is 12.9 Å². The van der Waals surface area contributed by atoms with Crippen LogP contribution in [0.3, 0.4) is 0 Å². The number of hydrogen-bond acceptors (Lipinski definition) is 5. The fourth-order valence-corrected chi connectivity index (χ4v) is 4.13.